The molecular weight excluding hydrogens is 336 g/mol. The Morgan fingerprint density at radius 3 is 3.13 bits per heavy atom. The fourth-order valence-electron chi connectivity index (χ4n) is 2.27. The summed E-state index contributed by atoms with van der Waals surface area (Å²) in [6, 6.07) is 3.68. The molecule has 1 aliphatic rings. The van der Waals surface area contributed by atoms with Crippen LogP contribution in [0, 0.1) is 0 Å². The van der Waals surface area contributed by atoms with Crippen LogP contribution in [0.25, 0.3) is 5.13 Å². The predicted molar refractivity (Wildman–Crippen MR) is 87.1 cm³/mol. The normalized spacial score (nSPS) is 14.1. The van der Waals surface area contributed by atoms with Gasteiger partial charge in [0.2, 0.25) is 11.0 Å². The van der Waals surface area contributed by atoms with E-state index in [1.54, 1.807) is 23.1 Å². The van der Waals surface area contributed by atoms with Gasteiger partial charge in [-0.15, -0.1) is 0 Å². The first-order valence-corrected chi connectivity index (χ1v) is 8.38. The fourth-order valence-corrected chi connectivity index (χ4v) is 3.11. The molecule has 0 radical (unpaired) electrons. The third-order valence-corrected chi connectivity index (χ3v) is 4.63. The van der Waals surface area contributed by atoms with Crippen molar-refractivity contribution in [1.29, 1.82) is 0 Å². The van der Waals surface area contributed by atoms with Gasteiger partial charge in [0.1, 0.15) is 4.34 Å². The molecular formula is C14H13ClN6OS. The van der Waals surface area contributed by atoms with E-state index in [0.29, 0.717) is 26.9 Å². The van der Waals surface area contributed by atoms with E-state index < -0.39 is 0 Å². The number of anilines is 1. The number of amides is 1. The van der Waals surface area contributed by atoms with E-state index >= 15 is 0 Å². The van der Waals surface area contributed by atoms with Crippen molar-refractivity contribution in [2.75, 3.05) is 5.32 Å². The first-order chi connectivity index (χ1) is 11.2. The highest BCUT2D eigenvalue weighted by molar-refractivity contribution is 7.18. The SMILES string of the molecule is O=C(Cc1ccn(-c2ncc(Cl)s2)n1)Nc1cc(C2CC2)[nH]n1. The zero-order valence-corrected chi connectivity index (χ0v) is 13.6. The standard InChI is InChI=1S/C14H13ClN6OS/c15-11-7-16-14(23-11)21-4-3-9(20-21)5-13(22)17-12-6-10(18-19-12)8-1-2-8/h3-4,6-8H,1-2,5H2,(H2,17,18,19,22). The van der Waals surface area contributed by atoms with Gasteiger partial charge in [-0.3, -0.25) is 9.89 Å². The molecule has 3 aromatic rings. The molecule has 0 bridgehead atoms. The molecule has 3 aromatic heterocycles. The summed E-state index contributed by atoms with van der Waals surface area (Å²) in [5, 5.41) is 14.9. The van der Waals surface area contributed by atoms with Gasteiger partial charge in [-0.25, -0.2) is 9.67 Å². The Kier molecular flexibility index (Phi) is 3.62. The second kappa shape index (κ2) is 5.78. The van der Waals surface area contributed by atoms with Crippen molar-refractivity contribution in [3.05, 3.63) is 40.3 Å². The minimum absolute atomic E-state index is 0.152. The summed E-state index contributed by atoms with van der Waals surface area (Å²) in [5.74, 6) is 0.985. The highest BCUT2D eigenvalue weighted by Crippen LogP contribution is 2.39. The maximum atomic E-state index is 12.1. The van der Waals surface area contributed by atoms with E-state index in [4.69, 9.17) is 11.6 Å². The topological polar surface area (TPSA) is 88.5 Å². The molecule has 2 N–H and O–H groups in total. The number of carbonyl (C=O) groups excluding carboxylic acids is 1. The number of aromatic amines is 1. The zero-order valence-electron chi connectivity index (χ0n) is 12.0. The molecule has 1 fully saturated rings. The van der Waals surface area contributed by atoms with Crippen molar-refractivity contribution < 1.29 is 4.79 Å². The van der Waals surface area contributed by atoms with Crippen molar-refractivity contribution >= 4 is 34.7 Å². The van der Waals surface area contributed by atoms with Crippen LogP contribution in [0.5, 0.6) is 0 Å². The molecule has 1 saturated carbocycles. The average molecular weight is 349 g/mol. The number of hydrogen-bond acceptors (Lipinski definition) is 5. The number of aromatic nitrogens is 5. The molecule has 0 saturated heterocycles. The summed E-state index contributed by atoms with van der Waals surface area (Å²) in [6.45, 7) is 0. The van der Waals surface area contributed by atoms with E-state index in [2.05, 4.69) is 25.6 Å². The van der Waals surface area contributed by atoms with Crippen molar-refractivity contribution in [1.82, 2.24) is 25.0 Å². The second-order valence-corrected chi connectivity index (χ2v) is 7.05. The van der Waals surface area contributed by atoms with Crippen LogP contribution in [-0.2, 0) is 11.2 Å². The van der Waals surface area contributed by atoms with E-state index in [0.717, 1.165) is 5.69 Å². The molecule has 4 rings (SSSR count). The van der Waals surface area contributed by atoms with E-state index in [1.165, 1.54) is 24.2 Å². The number of carbonyl (C=O) groups is 1. The Morgan fingerprint density at radius 1 is 1.52 bits per heavy atom. The third kappa shape index (κ3) is 3.27. The highest BCUT2D eigenvalue weighted by Gasteiger charge is 2.25. The monoisotopic (exact) mass is 348 g/mol. The summed E-state index contributed by atoms with van der Waals surface area (Å²) in [7, 11) is 0. The lowest BCUT2D eigenvalue weighted by atomic mass is 10.3. The van der Waals surface area contributed by atoms with Gasteiger partial charge in [-0.2, -0.15) is 10.2 Å². The summed E-state index contributed by atoms with van der Waals surface area (Å²) in [5.41, 5.74) is 1.75. The molecule has 0 aliphatic heterocycles. The Labute approximate surface area is 140 Å². The summed E-state index contributed by atoms with van der Waals surface area (Å²) >= 11 is 7.19. The molecule has 1 amide bonds. The van der Waals surface area contributed by atoms with Crippen molar-refractivity contribution in [3.63, 3.8) is 0 Å². The number of nitrogens with zero attached hydrogens (tertiary/aromatic N) is 4. The Hall–Kier alpha value is -2.19. The van der Waals surface area contributed by atoms with Crippen LogP contribution < -0.4 is 5.32 Å². The first kappa shape index (κ1) is 14.4. The van der Waals surface area contributed by atoms with Crippen LogP contribution in [-0.4, -0.2) is 30.9 Å². The third-order valence-electron chi connectivity index (χ3n) is 3.53. The lowest BCUT2D eigenvalue weighted by Crippen LogP contribution is -2.15. The number of hydrogen-bond donors (Lipinski definition) is 2. The van der Waals surface area contributed by atoms with Crippen LogP contribution in [0.15, 0.2) is 24.5 Å². The van der Waals surface area contributed by atoms with Gasteiger partial charge in [0.05, 0.1) is 18.3 Å². The molecule has 23 heavy (non-hydrogen) atoms. The summed E-state index contributed by atoms with van der Waals surface area (Å²) < 4.78 is 2.21. The lowest BCUT2D eigenvalue weighted by molar-refractivity contribution is -0.115. The van der Waals surface area contributed by atoms with Crippen LogP contribution in [0.4, 0.5) is 5.82 Å². The number of H-pyrrole nitrogens is 1. The highest BCUT2D eigenvalue weighted by atomic mass is 35.5. The minimum atomic E-state index is -0.152. The van der Waals surface area contributed by atoms with Gasteiger partial charge >= 0.3 is 0 Å². The van der Waals surface area contributed by atoms with Crippen LogP contribution >= 0.6 is 22.9 Å². The van der Waals surface area contributed by atoms with Gasteiger partial charge in [0.25, 0.3) is 0 Å². The molecule has 0 unspecified atom stereocenters. The molecule has 9 heteroatoms. The maximum Gasteiger partial charge on any atom is 0.231 e. The van der Waals surface area contributed by atoms with Gasteiger partial charge in [0.15, 0.2) is 5.82 Å². The Bertz CT molecular complexity index is 849. The number of nitrogens with one attached hydrogen (secondary N) is 2. The molecule has 118 valence electrons. The minimum Gasteiger partial charge on any atom is -0.309 e. The maximum absolute atomic E-state index is 12.1. The zero-order chi connectivity index (χ0) is 15.8. The molecule has 0 spiro atoms. The van der Waals surface area contributed by atoms with E-state index in [-0.39, 0.29) is 12.3 Å². The average Bonchev–Trinajstić information content (AvgIpc) is 2.91. The van der Waals surface area contributed by atoms with Crippen molar-refractivity contribution in [3.8, 4) is 5.13 Å². The Balaban J connectivity index is 1.39. The van der Waals surface area contributed by atoms with Crippen LogP contribution in [0.2, 0.25) is 4.34 Å². The molecule has 7 nitrogen and oxygen atoms in total. The van der Waals surface area contributed by atoms with E-state index in [9.17, 15) is 4.79 Å². The predicted octanol–water partition coefficient (Wildman–Crippen LogP) is 2.76. The molecule has 0 aromatic carbocycles. The smallest absolute Gasteiger partial charge is 0.231 e. The Morgan fingerprint density at radius 2 is 2.39 bits per heavy atom. The number of thiazole rings is 1. The van der Waals surface area contributed by atoms with Gasteiger partial charge in [0, 0.05) is 23.9 Å². The van der Waals surface area contributed by atoms with Crippen molar-refractivity contribution in [2.24, 2.45) is 0 Å². The van der Waals surface area contributed by atoms with Crippen molar-refractivity contribution in [2.45, 2.75) is 25.2 Å². The van der Waals surface area contributed by atoms with E-state index in [1.807, 2.05) is 6.07 Å². The number of rotatable bonds is 5. The molecule has 3 heterocycles. The first-order valence-electron chi connectivity index (χ1n) is 7.19. The quantitative estimate of drug-likeness (QED) is 0.742. The van der Waals surface area contributed by atoms with Gasteiger partial charge in [-0.1, -0.05) is 22.9 Å². The summed E-state index contributed by atoms with van der Waals surface area (Å²) in [6.07, 6.45) is 5.89. The van der Waals surface area contributed by atoms with Gasteiger partial charge < -0.3 is 5.32 Å². The van der Waals surface area contributed by atoms with Gasteiger partial charge in [-0.05, 0) is 18.9 Å². The molecule has 1 aliphatic carbocycles. The molecule has 0 atom stereocenters. The fraction of sp³-hybridized carbons (Fsp3) is 0.286. The second-order valence-electron chi connectivity index (χ2n) is 5.41. The largest absolute Gasteiger partial charge is 0.309 e. The van der Waals surface area contributed by atoms with Crippen LogP contribution in [0.3, 0.4) is 0 Å². The number of halogens is 1. The lowest BCUT2D eigenvalue weighted by Gasteiger charge is -1.99. The van der Waals surface area contributed by atoms with Crippen LogP contribution in [0.1, 0.15) is 30.1 Å². The summed E-state index contributed by atoms with van der Waals surface area (Å²) in [4.78, 5) is 16.2.